The number of terminal acetylenes is 1. The zero-order valence-electron chi connectivity index (χ0n) is 22.3. The Morgan fingerprint density at radius 2 is 1.86 bits per heavy atom. The zero-order valence-corrected chi connectivity index (χ0v) is 23.2. The van der Waals surface area contributed by atoms with Gasteiger partial charge in [0, 0.05) is 6.07 Å². The number of carbonyl (C=O) groups excluding carboxylic acids is 1. The molecule has 0 bridgehead atoms. The maximum absolute atomic E-state index is 12.7. The second-order valence-corrected chi connectivity index (χ2v) is 11.1. The minimum absolute atomic E-state index is 0.101. The molecular weight excluding hydrogens is 593 g/mol. The van der Waals surface area contributed by atoms with Crippen LogP contribution in [0.25, 0.3) is 11.2 Å². The van der Waals surface area contributed by atoms with E-state index in [0.717, 1.165) is 0 Å². The predicted molar refractivity (Wildman–Crippen MR) is 141 cm³/mol. The average molecular weight is 623 g/mol. The van der Waals surface area contributed by atoms with Crippen LogP contribution >= 0.6 is 7.82 Å². The molecule has 2 fully saturated rings. The summed E-state index contributed by atoms with van der Waals surface area (Å²) in [7, 11) is -4.81. The summed E-state index contributed by atoms with van der Waals surface area (Å²) in [5, 5.41) is 31.9. The molecule has 9 atom stereocenters. The lowest BCUT2D eigenvalue weighted by Crippen LogP contribution is -2.47. The molecule has 43 heavy (non-hydrogen) atoms. The lowest BCUT2D eigenvalue weighted by molar-refractivity contribution is -0.766. The van der Waals surface area contributed by atoms with Gasteiger partial charge >= 0.3 is 7.82 Å². The largest absolute Gasteiger partial charge is 0.472 e. The highest BCUT2D eigenvalue weighted by Crippen LogP contribution is 2.45. The van der Waals surface area contributed by atoms with Crippen LogP contribution in [0.5, 0.6) is 0 Å². The third-order valence-corrected chi connectivity index (χ3v) is 7.83. The van der Waals surface area contributed by atoms with Gasteiger partial charge in [-0.3, -0.25) is 18.4 Å². The second-order valence-electron chi connectivity index (χ2n) is 9.63. The third kappa shape index (κ3) is 6.37. The second kappa shape index (κ2) is 12.6. The number of carbonyl (C=O) groups is 1. The first kappa shape index (κ1) is 30.8. The van der Waals surface area contributed by atoms with Gasteiger partial charge < -0.3 is 45.9 Å². The monoisotopic (exact) mass is 622 g/mol. The molecule has 0 spiro atoms. The van der Waals surface area contributed by atoms with Crippen molar-refractivity contribution in [1.29, 1.82) is 0 Å². The van der Waals surface area contributed by atoms with E-state index in [4.69, 9.17) is 41.1 Å². The highest BCUT2D eigenvalue weighted by atomic mass is 31.2. The number of hydrogen-bond donors (Lipinski definition) is 6. The Kier molecular flexibility index (Phi) is 9.01. The molecule has 5 rings (SSSR count). The first-order valence-corrected chi connectivity index (χ1v) is 14.3. The Hall–Kier alpha value is -3.60. The van der Waals surface area contributed by atoms with E-state index in [0.29, 0.717) is 0 Å². The summed E-state index contributed by atoms with van der Waals surface area (Å²) >= 11 is 0. The average Bonchev–Trinajstić information content (AvgIpc) is 3.64. The molecule has 1 unspecified atom stereocenters. The molecule has 1 amide bonds. The molecule has 8 N–H and O–H groups in total. The number of fused-ring (bicyclic) bond motifs is 1. The number of ether oxygens (including phenoxy) is 3. The first-order chi connectivity index (χ1) is 20.5. The van der Waals surface area contributed by atoms with E-state index in [1.54, 1.807) is 6.20 Å². The fourth-order valence-corrected chi connectivity index (χ4v) is 5.49. The minimum Gasteiger partial charge on any atom is -0.387 e. The summed E-state index contributed by atoms with van der Waals surface area (Å²) in [6, 6.07) is 3.02. The number of phosphoric ester groups is 1. The van der Waals surface area contributed by atoms with Gasteiger partial charge in [-0.2, -0.15) is 4.57 Å². The number of nitrogen functional groups attached to an aromatic ring is 1. The van der Waals surface area contributed by atoms with E-state index in [1.807, 2.05) is 0 Å². The first-order valence-electron chi connectivity index (χ1n) is 12.8. The van der Waals surface area contributed by atoms with Crippen molar-refractivity contribution < 1.29 is 57.4 Å². The van der Waals surface area contributed by atoms with Crippen LogP contribution in [-0.4, -0.2) is 102 Å². The van der Waals surface area contributed by atoms with Crippen molar-refractivity contribution in [3.63, 3.8) is 0 Å². The molecule has 230 valence electrons. The van der Waals surface area contributed by atoms with Gasteiger partial charge in [-0.15, -0.1) is 6.42 Å². The number of pyridine rings is 1. The van der Waals surface area contributed by atoms with Crippen molar-refractivity contribution in [3.05, 3.63) is 42.7 Å². The van der Waals surface area contributed by atoms with Crippen molar-refractivity contribution in [2.24, 2.45) is 5.73 Å². The van der Waals surface area contributed by atoms with Gasteiger partial charge in [0.25, 0.3) is 12.1 Å². The fraction of sp³-hybridized carbons (Fsp3) is 0.458. The summed E-state index contributed by atoms with van der Waals surface area (Å²) in [6.07, 6.45) is 0.660. The minimum atomic E-state index is -4.81. The van der Waals surface area contributed by atoms with Gasteiger partial charge in [-0.25, -0.2) is 19.5 Å². The van der Waals surface area contributed by atoms with Crippen LogP contribution in [0.4, 0.5) is 5.82 Å². The number of primary amides is 1. The molecule has 2 aliphatic rings. The molecule has 19 heteroatoms. The molecule has 0 aliphatic carbocycles. The van der Waals surface area contributed by atoms with E-state index in [-0.39, 0.29) is 29.2 Å². The standard InChI is InChI=1S/C24H28N7O11P/c1-2-6-38-19-17(33)14(42-24(19)30-5-3-4-12(7-30)21(26)35)9-40-43(36,37)39-8-13-16(32)18(34)23(41-13)31-11-29-15-20(25)27-10-28-22(15)31/h1,3-5,7,10-11,13-14,16-19,23-24,32-34H,6,8-9H2,(H4-,25,26,27,28,35,36,37)/p+1/t13-,14-,16-,17-,18-,19-,23-,24-/m1/s1. The van der Waals surface area contributed by atoms with Crippen molar-refractivity contribution in [2.45, 2.75) is 49.1 Å². The number of anilines is 1. The SMILES string of the molecule is C#CCO[C@@H]1[C@H](O)[C@@H](COP(=O)(O)OC[C@H]2O[C@@H](n3cnc4c(N)ncnc43)[C@H](O)[C@@H]2O)O[C@H]1[n+]1cccc(C(N)=O)c1. The molecule has 0 saturated carbocycles. The normalized spacial score (nSPS) is 30.3. The number of hydrogen-bond acceptors (Lipinski definition) is 14. The molecule has 18 nitrogen and oxygen atoms in total. The summed E-state index contributed by atoms with van der Waals surface area (Å²) in [5.41, 5.74) is 11.8. The number of aliphatic hydroxyl groups is 3. The van der Waals surface area contributed by atoms with E-state index in [2.05, 4.69) is 20.9 Å². The highest BCUT2D eigenvalue weighted by molar-refractivity contribution is 7.47. The van der Waals surface area contributed by atoms with Crippen LogP contribution in [0, 0.1) is 12.3 Å². The molecule has 0 radical (unpaired) electrons. The summed E-state index contributed by atoms with van der Waals surface area (Å²) in [5.74, 6) is 1.69. The Morgan fingerprint density at radius 1 is 1.14 bits per heavy atom. The fourth-order valence-electron chi connectivity index (χ4n) is 4.74. The predicted octanol–water partition coefficient (Wildman–Crippen LogP) is -2.48. The number of nitrogens with two attached hydrogens (primary N) is 2. The maximum Gasteiger partial charge on any atom is 0.472 e. The van der Waals surface area contributed by atoms with Crippen LogP contribution in [0.1, 0.15) is 22.8 Å². The van der Waals surface area contributed by atoms with Gasteiger partial charge in [0.2, 0.25) is 0 Å². The molecule has 5 heterocycles. The number of nitrogens with zero attached hydrogens (tertiary/aromatic N) is 5. The molecule has 0 aromatic carbocycles. The smallest absolute Gasteiger partial charge is 0.387 e. The maximum atomic E-state index is 12.7. The summed E-state index contributed by atoms with van der Waals surface area (Å²) < 4.78 is 42.6. The van der Waals surface area contributed by atoms with Gasteiger partial charge in [0.15, 0.2) is 36.2 Å². The lowest BCUT2D eigenvalue weighted by Gasteiger charge is -2.20. The van der Waals surface area contributed by atoms with Crippen molar-refractivity contribution in [2.75, 3.05) is 25.6 Å². The van der Waals surface area contributed by atoms with E-state index in [9.17, 15) is 29.6 Å². The number of phosphoric acid groups is 1. The molecule has 3 aromatic heterocycles. The number of imidazole rings is 1. The summed E-state index contributed by atoms with van der Waals surface area (Å²) in [6.45, 7) is -1.47. The Bertz CT molecular complexity index is 1570. The van der Waals surface area contributed by atoms with Gasteiger partial charge in [0.05, 0.1) is 19.5 Å². The van der Waals surface area contributed by atoms with E-state index >= 15 is 0 Å². The van der Waals surface area contributed by atoms with Crippen LogP contribution in [0.3, 0.4) is 0 Å². The summed E-state index contributed by atoms with van der Waals surface area (Å²) in [4.78, 5) is 33.9. The Balaban J connectivity index is 1.21. The van der Waals surface area contributed by atoms with E-state index < -0.39 is 76.0 Å². The van der Waals surface area contributed by atoms with Gasteiger partial charge in [-0.05, 0) is 6.07 Å². The zero-order chi connectivity index (χ0) is 30.9. The molecule has 2 aliphatic heterocycles. The molecule has 3 aromatic rings. The quantitative estimate of drug-likeness (QED) is 0.0735. The van der Waals surface area contributed by atoms with Gasteiger partial charge in [-0.1, -0.05) is 5.92 Å². The Labute approximate surface area is 243 Å². The highest BCUT2D eigenvalue weighted by Gasteiger charge is 2.51. The molecular formula is C24H29N7O11P+. The Morgan fingerprint density at radius 3 is 2.56 bits per heavy atom. The van der Waals surface area contributed by atoms with Crippen LogP contribution in [-0.2, 0) is 27.8 Å². The number of amides is 1. The van der Waals surface area contributed by atoms with E-state index in [1.165, 1.54) is 40.1 Å². The number of rotatable bonds is 11. The van der Waals surface area contributed by atoms with Crippen LogP contribution < -0.4 is 16.0 Å². The lowest BCUT2D eigenvalue weighted by atomic mass is 10.1. The van der Waals surface area contributed by atoms with Crippen molar-refractivity contribution >= 4 is 30.7 Å². The molecule has 2 saturated heterocycles. The number of aromatic nitrogens is 5. The van der Waals surface area contributed by atoms with Gasteiger partial charge in [0.1, 0.15) is 54.5 Å². The topological polar surface area (TPSA) is 261 Å². The van der Waals surface area contributed by atoms with Crippen LogP contribution in [0.2, 0.25) is 0 Å². The third-order valence-electron chi connectivity index (χ3n) is 6.87. The van der Waals surface area contributed by atoms with Crippen molar-refractivity contribution in [3.8, 4) is 12.3 Å². The number of aliphatic hydroxyl groups excluding tert-OH is 3. The van der Waals surface area contributed by atoms with Crippen LogP contribution in [0.15, 0.2) is 37.2 Å². The van der Waals surface area contributed by atoms with Crippen molar-refractivity contribution in [1.82, 2.24) is 19.5 Å².